The number of anilines is 1. The Morgan fingerprint density at radius 3 is 2.44 bits per heavy atom. The van der Waals surface area contributed by atoms with E-state index >= 15 is 0 Å². The fraction of sp³-hybridized carbons (Fsp3) is 0.250. The largest absolute Gasteiger partial charge is 0.507 e. The molecule has 2 N–H and O–H groups in total. The smallest absolute Gasteiger partial charge is 0.123 e. The highest BCUT2D eigenvalue weighted by molar-refractivity contribution is 5.52. The van der Waals surface area contributed by atoms with E-state index in [2.05, 4.69) is 24.4 Å². The molecular weight excluding hydrogens is 222 g/mol. The molecule has 0 saturated heterocycles. The number of phenols is 1. The van der Waals surface area contributed by atoms with E-state index in [9.17, 15) is 5.11 Å². The Morgan fingerprint density at radius 2 is 1.72 bits per heavy atom. The normalized spacial score (nSPS) is 10.4. The summed E-state index contributed by atoms with van der Waals surface area (Å²) in [5, 5.41) is 13.4. The number of hydrogen-bond donors (Lipinski definition) is 2. The molecule has 0 saturated carbocycles. The molecule has 0 atom stereocenters. The lowest BCUT2D eigenvalue weighted by Gasteiger charge is -2.12. The zero-order chi connectivity index (χ0) is 13.1. The summed E-state index contributed by atoms with van der Waals surface area (Å²) in [6.07, 6.45) is 0. The van der Waals surface area contributed by atoms with E-state index in [1.807, 2.05) is 38.1 Å². The molecule has 2 rings (SSSR count). The number of para-hydroxylation sites is 1. The lowest BCUT2D eigenvalue weighted by atomic mass is 10.1. The highest BCUT2D eigenvalue weighted by Crippen LogP contribution is 2.25. The van der Waals surface area contributed by atoms with E-state index in [1.165, 1.54) is 11.1 Å². The van der Waals surface area contributed by atoms with Crippen LogP contribution >= 0.6 is 0 Å². The van der Waals surface area contributed by atoms with E-state index < -0.39 is 0 Å². The first kappa shape index (κ1) is 12.5. The van der Waals surface area contributed by atoms with Crippen molar-refractivity contribution in [2.45, 2.75) is 27.3 Å². The number of aryl methyl sites for hydroxylation is 3. The molecule has 0 spiro atoms. The number of phenolic OH excluding ortho intramolecular Hbond substituents is 1. The van der Waals surface area contributed by atoms with Gasteiger partial charge in [0.1, 0.15) is 5.75 Å². The number of aromatic hydroxyl groups is 1. The van der Waals surface area contributed by atoms with Crippen LogP contribution in [0.2, 0.25) is 0 Å². The summed E-state index contributed by atoms with van der Waals surface area (Å²) in [4.78, 5) is 0. The summed E-state index contributed by atoms with van der Waals surface area (Å²) in [5.41, 5.74) is 5.36. The SMILES string of the molecule is Cc1cc(C)c(O)c(CNc2ccccc2C)c1. The zero-order valence-electron chi connectivity index (χ0n) is 11.1. The minimum Gasteiger partial charge on any atom is -0.507 e. The minimum absolute atomic E-state index is 0.390. The molecule has 0 radical (unpaired) electrons. The molecule has 0 aliphatic carbocycles. The van der Waals surface area contributed by atoms with Crippen molar-refractivity contribution < 1.29 is 5.11 Å². The van der Waals surface area contributed by atoms with Crippen LogP contribution in [0.4, 0.5) is 5.69 Å². The molecule has 94 valence electrons. The maximum atomic E-state index is 10.0. The third-order valence-electron chi connectivity index (χ3n) is 3.14. The van der Waals surface area contributed by atoms with Gasteiger partial charge < -0.3 is 10.4 Å². The maximum absolute atomic E-state index is 10.0. The van der Waals surface area contributed by atoms with E-state index in [0.29, 0.717) is 12.3 Å². The Labute approximate surface area is 108 Å². The first-order valence-electron chi connectivity index (χ1n) is 6.16. The maximum Gasteiger partial charge on any atom is 0.123 e. The van der Waals surface area contributed by atoms with Gasteiger partial charge in [0.25, 0.3) is 0 Å². The fourth-order valence-corrected chi connectivity index (χ4v) is 2.14. The molecular formula is C16H19NO. The van der Waals surface area contributed by atoms with Crippen molar-refractivity contribution in [3.8, 4) is 5.75 Å². The molecule has 0 amide bonds. The van der Waals surface area contributed by atoms with E-state index in [-0.39, 0.29) is 0 Å². The zero-order valence-corrected chi connectivity index (χ0v) is 11.1. The highest BCUT2D eigenvalue weighted by Gasteiger charge is 2.05. The molecule has 0 heterocycles. The summed E-state index contributed by atoms with van der Waals surface area (Å²) >= 11 is 0. The topological polar surface area (TPSA) is 32.3 Å². The second-order valence-corrected chi connectivity index (χ2v) is 4.76. The average molecular weight is 241 g/mol. The van der Waals surface area contributed by atoms with Crippen molar-refractivity contribution in [1.82, 2.24) is 0 Å². The second kappa shape index (κ2) is 5.13. The Kier molecular flexibility index (Phi) is 3.56. The predicted molar refractivity (Wildman–Crippen MR) is 76.1 cm³/mol. The van der Waals surface area contributed by atoms with Crippen LogP contribution in [0.3, 0.4) is 0 Å². The molecule has 2 nitrogen and oxygen atoms in total. The van der Waals surface area contributed by atoms with Crippen molar-refractivity contribution in [3.63, 3.8) is 0 Å². The molecule has 0 aliphatic rings. The van der Waals surface area contributed by atoms with E-state index in [0.717, 1.165) is 16.8 Å². The molecule has 2 aromatic rings. The first-order valence-corrected chi connectivity index (χ1v) is 6.16. The van der Waals surface area contributed by atoms with Gasteiger partial charge in [-0.2, -0.15) is 0 Å². The second-order valence-electron chi connectivity index (χ2n) is 4.76. The van der Waals surface area contributed by atoms with Crippen molar-refractivity contribution in [2.75, 3.05) is 5.32 Å². The summed E-state index contributed by atoms with van der Waals surface area (Å²) in [6.45, 7) is 6.69. The van der Waals surface area contributed by atoms with Gasteiger partial charge in [-0.1, -0.05) is 35.9 Å². The molecule has 0 fully saturated rings. The van der Waals surface area contributed by atoms with Crippen molar-refractivity contribution >= 4 is 5.69 Å². The van der Waals surface area contributed by atoms with Crippen LogP contribution in [0.25, 0.3) is 0 Å². The quantitative estimate of drug-likeness (QED) is 0.853. The van der Waals surface area contributed by atoms with E-state index in [4.69, 9.17) is 0 Å². The van der Waals surface area contributed by atoms with Crippen LogP contribution in [-0.2, 0) is 6.54 Å². The summed E-state index contributed by atoms with van der Waals surface area (Å²) in [5.74, 6) is 0.390. The van der Waals surface area contributed by atoms with Gasteiger partial charge in [-0.15, -0.1) is 0 Å². The number of nitrogens with one attached hydrogen (secondary N) is 1. The van der Waals surface area contributed by atoms with Crippen LogP contribution in [0.1, 0.15) is 22.3 Å². The van der Waals surface area contributed by atoms with Crippen molar-refractivity contribution in [2.24, 2.45) is 0 Å². The van der Waals surface area contributed by atoms with Gasteiger partial charge in [0.05, 0.1) is 0 Å². The monoisotopic (exact) mass is 241 g/mol. The third-order valence-corrected chi connectivity index (χ3v) is 3.14. The number of rotatable bonds is 3. The van der Waals surface area contributed by atoms with Crippen molar-refractivity contribution in [1.29, 1.82) is 0 Å². The van der Waals surface area contributed by atoms with Gasteiger partial charge in [0, 0.05) is 17.8 Å². The van der Waals surface area contributed by atoms with Gasteiger partial charge in [0.15, 0.2) is 0 Å². The van der Waals surface area contributed by atoms with Crippen LogP contribution in [0.5, 0.6) is 5.75 Å². The Morgan fingerprint density at radius 1 is 1.00 bits per heavy atom. The van der Waals surface area contributed by atoms with Crippen LogP contribution in [-0.4, -0.2) is 5.11 Å². The molecule has 2 heteroatoms. The van der Waals surface area contributed by atoms with Gasteiger partial charge >= 0.3 is 0 Å². The lowest BCUT2D eigenvalue weighted by molar-refractivity contribution is 0.464. The molecule has 0 aliphatic heterocycles. The van der Waals surface area contributed by atoms with Gasteiger partial charge in [-0.25, -0.2) is 0 Å². The van der Waals surface area contributed by atoms with Gasteiger partial charge in [0.2, 0.25) is 0 Å². The molecule has 0 bridgehead atoms. The lowest BCUT2D eigenvalue weighted by Crippen LogP contribution is -2.02. The summed E-state index contributed by atoms with van der Waals surface area (Å²) in [6, 6.07) is 12.2. The summed E-state index contributed by atoms with van der Waals surface area (Å²) in [7, 11) is 0. The third kappa shape index (κ3) is 2.65. The summed E-state index contributed by atoms with van der Waals surface area (Å²) < 4.78 is 0. The van der Waals surface area contributed by atoms with Gasteiger partial charge in [-0.3, -0.25) is 0 Å². The first-order chi connectivity index (χ1) is 8.58. The Bertz CT molecular complexity index is 561. The minimum atomic E-state index is 0.390. The molecule has 0 aromatic heterocycles. The van der Waals surface area contributed by atoms with Crippen LogP contribution < -0.4 is 5.32 Å². The van der Waals surface area contributed by atoms with Gasteiger partial charge in [-0.05, 0) is 38.0 Å². The molecule has 2 aromatic carbocycles. The average Bonchev–Trinajstić information content (AvgIpc) is 2.33. The Hall–Kier alpha value is -1.96. The van der Waals surface area contributed by atoms with Crippen LogP contribution in [0, 0.1) is 20.8 Å². The molecule has 18 heavy (non-hydrogen) atoms. The van der Waals surface area contributed by atoms with Crippen LogP contribution in [0.15, 0.2) is 36.4 Å². The predicted octanol–water partition coefficient (Wildman–Crippen LogP) is 3.93. The Balaban J connectivity index is 2.18. The standard InChI is InChI=1S/C16H19NO/c1-11-8-13(3)16(18)14(9-11)10-17-15-7-5-4-6-12(15)2/h4-9,17-18H,10H2,1-3H3. The fourth-order valence-electron chi connectivity index (χ4n) is 2.14. The highest BCUT2D eigenvalue weighted by atomic mass is 16.3. The number of benzene rings is 2. The molecule has 0 unspecified atom stereocenters. The van der Waals surface area contributed by atoms with Crippen molar-refractivity contribution in [3.05, 3.63) is 58.7 Å². The van der Waals surface area contributed by atoms with E-state index in [1.54, 1.807) is 0 Å². The number of hydrogen-bond acceptors (Lipinski definition) is 2.